The molecule has 0 saturated heterocycles. The Bertz CT molecular complexity index is 396. The van der Waals surface area contributed by atoms with Gasteiger partial charge in [-0.25, -0.2) is 0 Å². The second kappa shape index (κ2) is 6.33. The van der Waals surface area contributed by atoms with Crippen LogP contribution >= 0.6 is 0 Å². The van der Waals surface area contributed by atoms with E-state index in [9.17, 15) is 0 Å². The van der Waals surface area contributed by atoms with E-state index >= 15 is 0 Å². The third kappa shape index (κ3) is 3.10. The first-order valence-electron chi connectivity index (χ1n) is 8.75. The number of rotatable bonds is 3. The SMILES string of the molecule is C=CC1CCC(C2CCC(C3=CC=C(C)C3)CC2)CC1. The zero-order valence-electron chi connectivity index (χ0n) is 13.1. The van der Waals surface area contributed by atoms with Crippen LogP contribution in [0.2, 0.25) is 0 Å². The van der Waals surface area contributed by atoms with E-state index in [0.717, 1.165) is 23.7 Å². The summed E-state index contributed by atoms with van der Waals surface area (Å²) >= 11 is 0. The zero-order chi connectivity index (χ0) is 13.9. The van der Waals surface area contributed by atoms with Crippen LogP contribution in [0, 0.1) is 23.7 Å². The van der Waals surface area contributed by atoms with Crippen molar-refractivity contribution < 1.29 is 0 Å². The summed E-state index contributed by atoms with van der Waals surface area (Å²) < 4.78 is 0. The summed E-state index contributed by atoms with van der Waals surface area (Å²) in [5.41, 5.74) is 3.29. The predicted molar refractivity (Wildman–Crippen MR) is 87.6 cm³/mol. The fourth-order valence-electron chi connectivity index (χ4n) is 4.78. The lowest BCUT2D eigenvalue weighted by atomic mass is 9.68. The molecule has 0 bridgehead atoms. The summed E-state index contributed by atoms with van der Waals surface area (Å²) in [4.78, 5) is 0. The lowest BCUT2D eigenvalue weighted by molar-refractivity contribution is 0.163. The molecule has 0 heteroatoms. The summed E-state index contributed by atoms with van der Waals surface area (Å²) in [6, 6.07) is 0. The van der Waals surface area contributed by atoms with Gasteiger partial charge >= 0.3 is 0 Å². The quantitative estimate of drug-likeness (QED) is 0.547. The van der Waals surface area contributed by atoms with Crippen molar-refractivity contribution in [1.82, 2.24) is 0 Å². The summed E-state index contributed by atoms with van der Waals surface area (Å²) in [6.07, 6.45) is 19.8. The molecule has 3 aliphatic carbocycles. The highest BCUT2D eigenvalue weighted by atomic mass is 14.4. The highest BCUT2D eigenvalue weighted by molar-refractivity contribution is 5.30. The smallest absolute Gasteiger partial charge is 0.0102 e. The highest BCUT2D eigenvalue weighted by Gasteiger charge is 2.31. The van der Waals surface area contributed by atoms with Crippen molar-refractivity contribution in [3.8, 4) is 0 Å². The molecule has 0 aromatic carbocycles. The van der Waals surface area contributed by atoms with Gasteiger partial charge in [-0.05, 0) is 88.4 Å². The van der Waals surface area contributed by atoms with Crippen molar-refractivity contribution in [2.75, 3.05) is 0 Å². The third-order valence-corrected chi connectivity index (χ3v) is 6.18. The van der Waals surface area contributed by atoms with Gasteiger partial charge in [-0.1, -0.05) is 29.4 Å². The van der Waals surface area contributed by atoms with Crippen LogP contribution in [0.4, 0.5) is 0 Å². The van der Waals surface area contributed by atoms with Gasteiger partial charge < -0.3 is 0 Å². The van der Waals surface area contributed by atoms with Gasteiger partial charge in [-0.3, -0.25) is 0 Å². The van der Waals surface area contributed by atoms with Crippen LogP contribution in [0.5, 0.6) is 0 Å². The van der Waals surface area contributed by atoms with Crippen LogP contribution in [0.1, 0.15) is 64.7 Å². The first-order valence-corrected chi connectivity index (χ1v) is 8.75. The van der Waals surface area contributed by atoms with E-state index in [1.807, 2.05) is 0 Å². The fourth-order valence-corrected chi connectivity index (χ4v) is 4.78. The minimum absolute atomic E-state index is 0.820. The molecule has 0 amide bonds. The lowest BCUT2D eigenvalue weighted by Gasteiger charge is -2.37. The number of allylic oxidation sites excluding steroid dienone is 5. The van der Waals surface area contributed by atoms with Crippen LogP contribution in [-0.4, -0.2) is 0 Å². The zero-order valence-corrected chi connectivity index (χ0v) is 13.1. The Morgan fingerprint density at radius 2 is 1.50 bits per heavy atom. The Kier molecular flexibility index (Phi) is 4.48. The molecule has 3 rings (SSSR count). The van der Waals surface area contributed by atoms with Gasteiger partial charge in [0.1, 0.15) is 0 Å². The molecule has 2 saturated carbocycles. The average Bonchev–Trinajstić information content (AvgIpc) is 2.94. The standard InChI is InChI=1S/C20H30/c1-3-16-5-8-17(9-6-16)18-10-12-19(13-11-18)20-7-4-15(2)14-20/h3-4,7,16-19H,1,5-6,8-14H2,2H3. The Balaban J connectivity index is 1.46. The molecule has 0 spiro atoms. The van der Waals surface area contributed by atoms with Crippen molar-refractivity contribution in [3.05, 3.63) is 36.0 Å². The molecule has 0 radical (unpaired) electrons. The van der Waals surface area contributed by atoms with E-state index in [0.29, 0.717) is 0 Å². The van der Waals surface area contributed by atoms with E-state index in [2.05, 4.69) is 31.7 Å². The Morgan fingerprint density at radius 3 is 2.00 bits per heavy atom. The van der Waals surface area contributed by atoms with Crippen LogP contribution in [0.3, 0.4) is 0 Å². The molecule has 20 heavy (non-hydrogen) atoms. The summed E-state index contributed by atoms with van der Waals surface area (Å²) in [5, 5.41) is 0. The molecule has 2 fully saturated rings. The molecule has 0 aromatic heterocycles. The third-order valence-electron chi connectivity index (χ3n) is 6.18. The fraction of sp³-hybridized carbons (Fsp3) is 0.700. The molecule has 0 N–H and O–H groups in total. The maximum atomic E-state index is 3.97. The van der Waals surface area contributed by atoms with Gasteiger partial charge in [0.15, 0.2) is 0 Å². The van der Waals surface area contributed by atoms with Gasteiger partial charge in [0.25, 0.3) is 0 Å². The molecule has 110 valence electrons. The van der Waals surface area contributed by atoms with Crippen molar-refractivity contribution >= 4 is 0 Å². The minimum Gasteiger partial charge on any atom is -0.103 e. The molecule has 0 nitrogen and oxygen atoms in total. The van der Waals surface area contributed by atoms with Crippen LogP contribution in [0.25, 0.3) is 0 Å². The monoisotopic (exact) mass is 270 g/mol. The maximum Gasteiger partial charge on any atom is -0.0102 e. The number of hydrogen-bond donors (Lipinski definition) is 0. The van der Waals surface area contributed by atoms with Gasteiger partial charge in [0.2, 0.25) is 0 Å². The van der Waals surface area contributed by atoms with Crippen molar-refractivity contribution in [2.24, 2.45) is 23.7 Å². The molecule has 3 aliphatic rings. The molecular formula is C20H30. The normalized spacial score (nSPS) is 38.2. The van der Waals surface area contributed by atoms with Crippen molar-refractivity contribution in [1.29, 1.82) is 0 Å². The second-order valence-electron chi connectivity index (χ2n) is 7.45. The maximum absolute atomic E-state index is 3.97. The molecular weight excluding hydrogens is 240 g/mol. The summed E-state index contributed by atoms with van der Waals surface area (Å²) in [7, 11) is 0. The van der Waals surface area contributed by atoms with E-state index in [4.69, 9.17) is 0 Å². The van der Waals surface area contributed by atoms with Crippen molar-refractivity contribution in [3.63, 3.8) is 0 Å². The lowest BCUT2D eigenvalue weighted by Crippen LogP contribution is -2.25. The molecule has 0 aliphatic heterocycles. The van der Waals surface area contributed by atoms with Crippen LogP contribution < -0.4 is 0 Å². The minimum atomic E-state index is 0.820. The topological polar surface area (TPSA) is 0 Å². The summed E-state index contributed by atoms with van der Waals surface area (Å²) in [6.45, 7) is 6.24. The highest BCUT2D eigenvalue weighted by Crippen LogP contribution is 2.44. The first kappa shape index (κ1) is 14.2. The predicted octanol–water partition coefficient (Wildman–Crippen LogP) is 6.06. The van der Waals surface area contributed by atoms with Crippen LogP contribution in [-0.2, 0) is 0 Å². The Hall–Kier alpha value is -0.780. The molecule has 0 unspecified atom stereocenters. The van der Waals surface area contributed by atoms with E-state index in [-0.39, 0.29) is 0 Å². The first-order chi connectivity index (χ1) is 9.76. The van der Waals surface area contributed by atoms with Gasteiger partial charge in [-0.2, -0.15) is 0 Å². The average molecular weight is 270 g/mol. The molecule has 0 atom stereocenters. The molecule has 0 aromatic rings. The number of hydrogen-bond acceptors (Lipinski definition) is 0. The summed E-state index contributed by atoms with van der Waals surface area (Å²) in [5.74, 6) is 3.79. The van der Waals surface area contributed by atoms with E-state index in [1.54, 1.807) is 11.1 Å². The van der Waals surface area contributed by atoms with Crippen LogP contribution in [0.15, 0.2) is 36.0 Å². The second-order valence-corrected chi connectivity index (χ2v) is 7.45. The van der Waals surface area contributed by atoms with E-state index in [1.165, 1.54) is 57.8 Å². The van der Waals surface area contributed by atoms with Gasteiger partial charge in [0.05, 0.1) is 0 Å². The van der Waals surface area contributed by atoms with Gasteiger partial charge in [-0.15, -0.1) is 6.58 Å². The largest absolute Gasteiger partial charge is 0.103 e. The van der Waals surface area contributed by atoms with Crippen molar-refractivity contribution in [2.45, 2.75) is 64.7 Å². The molecule has 0 heterocycles. The van der Waals surface area contributed by atoms with E-state index < -0.39 is 0 Å². The Labute approximate surface area is 125 Å². The Morgan fingerprint density at radius 1 is 0.900 bits per heavy atom. The van der Waals surface area contributed by atoms with Gasteiger partial charge in [0, 0.05) is 0 Å².